The minimum Gasteiger partial charge on any atom is -0.258 e. The lowest BCUT2D eigenvalue weighted by molar-refractivity contribution is -0.387. The molecule has 0 amide bonds. The molecule has 1 atom stereocenters. The number of benzene rings is 2. The smallest absolute Gasteiger partial charge is 0.258 e. The minimum absolute atomic E-state index is 0.330. The molecule has 6 nitrogen and oxygen atoms in total. The van der Waals surface area contributed by atoms with E-state index in [0.29, 0.717) is 0 Å². The van der Waals surface area contributed by atoms with Gasteiger partial charge in [0.05, 0.1) is 4.92 Å². The van der Waals surface area contributed by atoms with Crippen molar-refractivity contribution < 1.29 is 13.3 Å². The molecular formula is C17H20N2O4S. The van der Waals surface area contributed by atoms with Crippen molar-refractivity contribution in [2.45, 2.75) is 38.6 Å². The first-order chi connectivity index (χ1) is 11.1. The van der Waals surface area contributed by atoms with Crippen molar-refractivity contribution in [1.29, 1.82) is 0 Å². The van der Waals surface area contributed by atoms with E-state index in [-0.39, 0.29) is 4.90 Å². The molecule has 0 bridgehead atoms. The van der Waals surface area contributed by atoms with Gasteiger partial charge in [-0.1, -0.05) is 24.3 Å². The number of nitro benzene ring substituents is 1. The highest BCUT2D eigenvalue weighted by molar-refractivity contribution is 7.89. The number of rotatable bonds is 5. The van der Waals surface area contributed by atoms with E-state index in [1.54, 1.807) is 6.92 Å². The summed E-state index contributed by atoms with van der Waals surface area (Å²) in [5.41, 5.74) is 3.57. The number of nitrogens with zero attached hydrogens (tertiary/aromatic N) is 1. The van der Waals surface area contributed by atoms with Gasteiger partial charge in [-0.25, -0.2) is 13.1 Å². The zero-order valence-corrected chi connectivity index (χ0v) is 14.8. The maximum absolute atomic E-state index is 12.6. The van der Waals surface area contributed by atoms with Gasteiger partial charge in [-0.3, -0.25) is 10.1 Å². The molecule has 0 heterocycles. The molecule has 0 aromatic heterocycles. The van der Waals surface area contributed by atoms with E-state index in [0.717, 1.165) is 22.3 Å². The van der Waals surface area contributed by atoms with Crippen LogP contribution in [0.2, 0.25) is 0 Å². The maximum Gasteiger partial charge on any atom is 0.289 e. The molecule has 0 aliphatic carbocycles. The summed E-state index contributed by atoms with van der Waals surface area (Å²) >= 11 is 0. The molecular weight excluding hydrogens is 328 g/mol. The molecule has 0 saturated carbocycles. The SMILES string of the molecule is Cc1cc(C)c(C(C)NS(=O)(=O)c2ccccc2[N+](=O)[O-])cc1C. The van der Waals surface area contributed by atoms with Crippen molar-refractivity contribution in [3.8, 4) is 0 Å². The molecule has 2 aromatic carbocycles. The second kappa shape index (κ2) is 6.70. The highest BCUT2D eigenvalue weighted by Gasteiger charge is 2.27. The van der Waals surface area contributed by atoms with Crippen LogP contribution in [-0.4, -0.2) is 13.3 Å². The van der Waals surface area contributed by atoms with Gasteiger partial charge in [0.1, 0.15) is 0 Å². The van der Waals surface area contributed by atoms with Crippen LogP contribution in [0.4, 0.5) is 5.69 Å². The lowest BCUT2D eigenvalue weighted by atomic mass is 9.97. The van der Waals surface area contributed by atoms with Crippen LogP contribution in [0.5, 0.6) is 0 Å². The zero-order valence-electron chi connectivity index (χ0n) is 14.0. The second-order valence-electron chi connectivity index (χ2n) is 5.86. The van der Waals surface area contributed by atoms with E-state index in [1.807, 2.05) is 32.9 Å². The molecule has 0 aliphatic heterocycles. The molecule has 7 heteroatoms. The summed E-state index contributed by atoms with van der Waals surface area (Å²) in [5.74, 6) is 0. The van der Waals surface area contributed by atoms with Crippen LogP contribution >= 0.6 is 0 Å². The molecule has 0 saturated heterocycles. The summed E-state index contributed by atoms with van der Waals surface area (Å²) in [6, 6.07) is 8.76. The van der Waals surface area contributed by atoms with E-state index in [2.05, 4.69) is 4.72 Å². The summed E-state index contributed by atoms with van der Waals surface area (Å²) in [6.07, 6.45) is 0. The monoisotopic (exact) mass is 348 g/mol. The average molecular weight is 348 g/mol. The lowest BCUT2D eigenvalue weighted by Crippen LogP contribution is -2.28. The summed E-state index contributed by atoms with van der Waals surface area (Å²) < 4.78 is 27.7. The van der Waals surface area contributed by atoms with Gasteiger partial charge in [-0.15, -0.1) is 0 Å². The van der Waals surface area contributed by atoms with E-state index in [1.165, 1.54) is 24.3 Å². The van der Waals surface area contributed by atoms with Crippen molar-refractivity contribution in [3.63, 3.8) is 0 Å². The van der Waals surface area contributed by atoms with Crippen LogP contribution < -0.4 is 4.72 Å². The van der Waals surface area contributed by atoms with Gasteiger partial charge >= 0.3 is 0 Å². The van der Waals surface area contributed by atoms with E-state index >= 15 is 0 Å². The van der Waals surface area contributed by atoms with Crippen LogP contribution in [-0.2, 0) is 10.0 Å². The van der Waals surface area contributed by atoms with Crippen LogP contribution in [0.1, 0.15) is 35.2 Å². The van der Waals surface area contributed by atoms with Crippen molar-refractivity contribution in [3.05, 3.63) is 68.8 Å². The van der Waals surface area contributed by atoms with Gasteiger partial charge in [-0.05, 0) is 56.0 Å². The molecule has 1 unspecified atom stereocenters. The fourth-order valence-corrected chi connectivity index (χ4v) is 4.04. The van der Waals surface area contributed by atoms with Gasteiger partial charge in [-0.2, -0.15) is 0 Å². The Bertz CT molecular complexity index is 891. The summed E-state index contributed by atoms with van der Waals surface area (Å²) in [6.45, 7) is 7.59. The van der Waals surface area contributed by atoms with Crippen LogP contribution in [0.3, 0.4) is 0 Å². The summed E-state index contributed by atoms with van der Waals surface area (Å²) in [5, 5.41) is 11.1. The predicted molar refractivity (Wildman–Crippen MR) is 92.5 cm³/mol. The molecule has 24 heavy (non-hydrogen) atoms. The molecule has 0 fully saturated rings. The molecule has 128 valence electrons. The number of aryl methyl sites for hydroxylation is 3. The largest absolute Gasteiger partial charge is 0.289 e. The topological polar surface area (TPSA) is 89.3 Å². The Morgan fingerprint density at radius 2 is 1.62 bits per heavy atom. The third-order valence-electron chi connectivity index (χ3n) is 4.03. The Morgan fingerprint density at radius 3 is 2.25 bits per heavy atom. The fraction of sp³-hybridized carbons (Fsp3) is 0.294. The minimum atomic E-state index is -4.01. The number of sulfonamides is 1. The first-order valence-corrected chi connectivity index (χ1v) is 8.95. The molecule has 0 radical (unpaired) electrons. The van der Waals surface area contributed by atoms with E-state index in [4.69, 9.17) is 0 Å². The van der Waals surface area contributed by atoms with Gasteiger partial charge < -0.3 is 0 Å². The Labute approximate surface area is 141 Å². The second-order valence-corrected chi connectivity index (χ2v) is 7.54. The highest BCUT2D eigenvalue weighted by Crippen LogP contribution is 2.27. The van der Waals surface area contributed by atoms with Crippen LogP contribution in [0, 0.1) is 30.9 Å². The molecule has 0 aliphatic rings. The highest BCUT2D eigenvalue weighted by atomic mass is 32.2. The maximum atomic E-state index is 12.6. The number of para-hydroxylation sites is 1. The van der Waals surface area contributed by atoms with Crippen LogP contribution in [0.25, 0.3) is 0 Å². The van der Waals surface area contributed by atoms with Gasteiger partial charge in [0.15, 0.2) is 4.90 Å². The van der Waals surface area contributed by atoms with E-state index < -0.39 is 26.7 Å². The summed E-state index contributed by atoms with van der Waals surface area (Å²) in [4.78, 5) is 10.0. The third-order valence-corrected chi connectivity index (χ3v) is 5.62. The lowest BCUT2D eigenvalue weighted by Gasteiger charge is -2.18. The first kappa shape index (κ1) is 18.1. The Kier molecular flexibility index (Phi) is 5.05. The van der Waals surface area contributed by atoms with E-state index in [9.17, 15) is 18.5 Å². The zero-order chi connectivity index (χ0) is 18.1. The molecule has 2 rings (SSSR count). The van der Waals surface area contributed by atoms with Crippen molar-refractivity contribution in [1.82, 2.24) is 4.72 Å². The van der Waals surface area contributed by atoms with Crippen molar-refractivity contribution in [2.75, 3.05) is 0 Å². The van der Waals surface area contributed by atoms with Gasteiger partial charge in [0.2, 0.25) is 10.0 Å². The summed E-state index contributed by atoms with van der Waals surface area (Å²) in [7, 11) is -4.01. The van der Waals surface area contributed by atoms with Crippen molar-refractivity contribution in [2.24, 2.45) is 0 Å². The standard InChI is InChI=1S/C17H20N2O4S/c1-11-9-13(3)15(10-12(11)2)14(4)18-24(22,23)17-8-6-5-7-16(17)19(20)21/h5-10,14,18H,1-4H3. The van der Waals surface area contributed by atoms with Crippen LogP contribution in [0.15, 0.2) is 41.3 Å². The molecule has 0 spiro atoms. The first-order valence-electron chi connectivity index (χ1n) is 7.47. The average Bonchev–Trinajstić information content (AvgIpc) is 2.50. The third kappa shape index (κ3) is 3.63. The number of nitrogens with one attached hydrogen (secondary N) is 1. The predicted octanol–water partition coefficient (Wildman–Crippen LogP) is 3.56. The number of nitro groups is 1. The number of hydrogen-bond acceptors (Lipinski definition) is 4. The molecule has 2 aromatic rings. The Morgan fingerprint density at radius 1 is 1.04 bits per heavy atom. The normalized spacial score (nSPS) is 12.8. The van der Waals surface area contributed by atoms with Crippen molar-refractivity contribution >= 4 is 15.7 Å². The quantitative estimate of drug-likeness (QED) is 0.661. The number of hydrogen-bond donors (Lipinski definition) is 1. The Hall–Kier alpha value is -2.25. The van der Waals surface area contributed by atoms with Gasteiger partial charge in [0.25, 0.3) is 5.69 Å². The Balaban J connectivity index is 2.40. The molecule has 1 N–H and O–H groups in total. The fourth-order valence-electron chi connectivity index (χ4n) is 2.64. The van der Waals surface area contributed by atoms with Gasteiger partial charge in [0, 0.05) is 12.1 Å².